The number of ether oxygens (including phenoxy) is 4. The molecule has 0 aliphatic carbocycles. The van der Waals surface area contributed by atoms with Gasteiger partial charge in [0.15, 0.2) is 11.5 Å². The van der Waals surface area contributed by atoms with Gasteiger partial charge in [0, 0.05) is 6.07 Å². The van der Waals surface area contributed by atoms with Gasteiger partial charge in [-0.2, -0.15) is 0 Å². The van der Waals surface area contributed by atoms with Crippen molar-refractivity contribution in [2.75, 3.05) is 6.79 Å². The highest BCUT2D eigenvalue weighted by molar-refractivity contribution is 5.94. The minimum absolute atomic E-state index is 0.0878. The zero-order valence-corrected chi connectivity index (χ0v) is 16.4. The number of fused-ring (bicyclic) bond motifs is 1. The Hall–Kier alpha value is -4.20. The van der Waals surface area contributed by atoms with Crippen LogP contribution < -0.4 is 18.9 Å². The Balaban J connectivity index is 1.60. The Kier molecular flexibility index (Phi) is 5.36. The van der Waals surface area contributed by atoms with Crippen LogP contribution in [0.1, 0.15) is 28.8 Å². The molecular weight excluding hydrogens is 404 g/mol. The van der Waals surface area contributed by atoms with Gasteiger partial charge >= 0.3 is 11.9 Å². The zero-order valence-electron chi connectivity index (χ0n) is 16.4. The molecule has 0 saturated carbocycles. The molecule has 8 heteroatoms. The summed E-state index contributed by atoms with van der Waals surface area (Å²) in [5.41, 5.74) is 0.460. The van der Waals surface area contributed by atoms with Gasteiger partial charge in [0.25, 0.3) is 0 Å². The van der Waals surface area contributed by atoms with Gasteiger partial charge in [-0.3, -0.25) is 4.79 Å². The van der Waals surface area contributed by atoms with Crippen molar-refractivity contribution in [3.05, 3.63) is 71.8 Å². The van der Waals surface area contributed by atoms with Crippen molar-refractivity contribution >= 4 is 11.9 Å². The summed E-state index contributed by atoms with van der Waals surface area (Å²) in [6.07, 6.45) is 0. The molecule has 1 heterocycles. The van der Waals surface area contributed by atoms with Crippen LogP contribution in [0, 0.1) is 0 Å². The number of aliphatic carboxylic acids is 1. The SMILES string of the molecule is CC(C(=O)O)c1ccc(Oc2cccc(Oc3ccc4c(c3)OCO4)c2C(=O)O)cc1. The maximum absolute atomic E-state index is 12.0. The topological polar surface area (TPSA) is 112 Å². The summed E-state index contributed by atoms with van der Waals surface area (Å²) >= 11 is 0. The predicted octanol–water partition coefficient (Wildman–Crippen LogP) is 4.89. The summed E-state index contributed by atoms with van der Waals surface area (Å²) in [5.74, 6) is -0.787. The first-order valence-corrected chi connectivity index (χ1v) is 9.37. The number of rotatable bonds is 7. The molecule has 0 spiro atoms. The molecule has 0 bridgehead atoms. The Morgan fingerprint density at radius 3 is 2.13 bits per heavy atom. The minimum Gasteiger partial charge on any atom is -0.481 e. The molecule has 158 valence electrons. The van der Waals surface area contributed by atoms with Crippen molar-refractivity contribution in [2.24, 2.45) is 0 Å². The van der Waals surface area contributed by atoms with Gasteiger partial charge < -0.3 is 29.2 Å². The minimum atomic E-state index is -1.22. The third-order valence-electron chi connectivity index (χ3n) is 4.75. The Morgan fingerprint density at radius 2 is 1.48 bits per heavy atom. The molecule has 0 fully saturated rings. The largest absolute Gasteiger partial charge is 0.481 e. The molecule has 3 aromatic carbocycles. The highest BCUT2D eigenvalue weighted by atomic mass is 16.7. The zero-order chi connectivity index (χ0) is 22.0. The van der Waals surface area contributed by atoms with E-state index in [1.165, 1.54) is 12.1 Å². The van der Waals surface area contributed by atoms with Crippen LogP contribution in [0.25, 0.3) is 0 Å². The first-order chi connectivity index (χ1) is 14.9. The van der Waals surface area contributed by atoms with Crippen molar-refractivity contribution in [3.63, 3.8) is 0 Å². The second-order valence-electron chi connectivity index (χ2n) is 6.78. The van der Waals surface area contributed by atoms with E-state index in [1.807, 2.05) is 0 Å². The summed E-state index contributed by atoms with van der Waals surface area (Å²) in [4.78, 5) is 23.1. The number of hydrogen-bond acceptors (Lipinski definition) is 6. The van der Waals surface area contributed by atoms with Crippen LogP contribution >= 0.6 is 0 Å². The highest BCUT2D eigenvalue weighted by Gasteiger charge is 2.21. The lowest BCUT2D eigenvalue weighted by atomic mass is 10.0. The first kappa shape index (κ1) is 20.1. The molecule has 0 saturated heterocycles. The van der Waals surface area contributed by atoms with Crippen LogP contribution in [0.4, 0.5) is 0 Å². The fourth-order valence-electron chi connectivity index (χ4n) is 3.05. The van der Waals surface area contributed by atoms with Gasteiger partial charge in [0.05, 0.1) is 5.92 Å². The summed E-state index contributed by atoms with van der Waals surface area (Å²) in [5, 5.41) is 18.9. The number of benzene rings is 3. The Labute approximate surface area is 177 Å². The monoisotopic (exact) mass is 422 g/mol. The molecule has 4 rings (SSSR count). The molecule has 8 nitrogen and oxygen atoms in total. The molecule has 0 radical (unpaired) electrons. The predicted molar refractivity (Wildman–Crippen MR) is 109 cm³/mol. The highest BCUT2D eigenvalue weighted by Crippen LogP contribution is 2.39. The van der Waals surface area contributed by atoms with Crippen molar-refractivity contribution in [3.8, 4) is 34.5 Å². The molecule has 2 N–H and O–H groups in total. The molecule has 1 aliphatic heterocycles. The van der Waals surface area contributed by atoms with Crippen LogP contribution in [0.3, 0.4) is 0 Å². The summed E-state index contributed by atoms with van der Waals surface area (Å²) in [6, 6.07) is 16.0. The van der Waals surface area contributed by atoms with Gasteiger partial charge in [0.1, 0.15) is 28.6 Å². The fourth-order valence-corrected chi connectivity index (χ4v) is 3.05. The smallest absolute Gasteiger partial charge is 0.343 e. The molecule has 31 heavy (non-hydrogen) atoms. The van der Waals surface area contributed by atoms with Crippen LogP contribution in [0.15, 0.2) is 60.7 Å². The molecule has 3 aromatic rings. The van der Waals surface area contributed by atoms with E-state index in [0.29, 0.717) is 28.6 Å². The maximum atomic E-state index is 12.0. The van der Waals surface area contributed by atoms with Gasteiger partial charge in [-0.1, -0.05) is 18.2 Å². The fraction of sp³-hybridized carbons (Fsp3) is 0.130. The van der Waals surface area contributed by atoms with E-state index in [1.54, 1.807) is 55.5 Å². The van der Waals surface area contributed by atoms with Gasteiger partial charge in [-0.05, 0) is 48.9 Å². The Morgan fingerprint density at radius 1 is 0.871 bits per heavy atom. The van der Waals surface area contributed by atoms with E-state index < -0.39 is 17.9 Å². The summed E-state index contributed by atoms with van der Waals surface area (Å²) in [6.45, 7) is 1.70. The second kappa shape index (κ2) is 8.27. The number of aromatic carboxylic acids is 1. The van der Waals surface area contributed by atoms with Gasteiger partial charge in [-0.25, -0.2) is 4.79 Å². The van der Waals surface area contributed by atoms with Crippen molar-refractivity contribution in [1.29, 1.82) is 0 Å². The maximum Gasteiger partial charge on any atom is 0.343 e. The molecule has 0 amide bonds. The summed E-state index contributed by atoms with van der Waals surface area (Å²) in [7, 11) is 0. The lowest BCUT2D eigenvalue weighted by molar-refractivity contribution is -0.138. The first-order valence-electron chi connectivity index (χ1n) is 9.37. The van der Waals surface area contributed by atoms with Crippen molar-refractivity contribution in [2.45, 2.75) is 12.8 Å². The van der Waals surface area contributed by atoms with Gasteiger partial charge in [0.2, 0.25) is 6.79 Å². The average Bonchev–Trinajstić information content (AvgIpc) is 3.21. The lowest BCUT2D eigenvalue weighted by Gasteiger charge is -2.14. The van der Waals surface area contributed by atoms with Crippen molar-refractivity contribution < 1.29 is 38.7 Å². The quantitative estimate of drug-likeness (QED) is 0.554. The van der Waals surface area contributed by atoms with Crippen LogP contribution in [-0.4, -0.2) is 28.9 Å². The van der Waals surface area contributed by atoms with E-state index in [9.17, 15) is 14.7 Å². The molecule has 0 aromatic heterocycles. The molecule has 1 atom stereocenters. The van der Waals surface area contributed by atoms with Crippen LogP contribution in [-0.2, 0) is 4.79 Å². The van der Waals surface area contributed by atoms with Crippen LogP contribution in [0.2, 0.25) is 0 Å². The third kappa shape index (κ3) is 4.23. The molecule has 1 aliphatic rings. The van der Waals surface area contributed by atoms with Crippen molar-refractivity contribution in [1.82, 2.24) is 0 Å². The number of hydrogen-bond donors (Lipinski definition) is 2. The standard InChI is InChI=1S/C23H18O8/c1-13(22(24)25)14-5-7-15(8-6-14)30-18-3-2-4-19(21(18)23(26)27)31-16-9-10-17-20(11-16)29-12-28-17/h2-11,13H,12H2,1H3,(H,24,25)(H,26,27). The van der Waals surface area contributed by atoms with E-state index in [0.717, 1.165) is 0 Å². The normalized spacial score (nSPS) is 12.8. The average molecular weight is 422 g/mol. The van der Waals surface area contributed by atoms with E-state index in [-0.39, 0.29) is 23.9 Å². The molecule has 1 unspecified atom stereocenters. The number of carboxylic acids is 2. The van der Waals surface area contributed by atoms with E-state index in [2.05, 4.69) is 0 Å². The number of carboxylic acid groups (broad SMARTS) is 2. The van der Waals surface area contributed by atoms with Crippen LogP contribution in [0.5, 0.6) is 34.5 Å². The van der Waals surface area contributed by atoms with Gasteiger partial charge in [-0.15, -0.1) is 0 Å². The number of carbonyl (C=O) groups is 2. The third-order valence-corrected chi connectivity index (χ3v) is 4.75. The van der Waals surface area contributed by atoms with E-state index in [4.69, 9.17) is 24.1 Å². The summed E-state index contributed by atoms with van der Waals surface area (Å²) < 4.78 is 22.1. The Bertz CT molecular complexity index is 1140. The van der Waals surface area contributed by atoms with E-state index >= 15 is 0 Å². The lowest BCUT2D eigenvalue weighted by Crippen LogP contribution is -2.07. The molecular formula is C23H18O8. The second-order valence-corrected chi connectivity index (χ2v) is 6.78.